The van der Waals surface area contributed by atoms with Gasteiger partial charge in [-0.15, -0.1) is 0 Å². The third-order valence-electron chi connectivity index (χ3n) is 2.77. The monoisotopic (exact) mass is 306 g/mol. The summed E-state index contributed by atoms with van der Waals surface area (Å²) in [6.07, 6.45) is 6.06. The lowest BCUT2D eigenvalue weighted by Gasteiger charge is -2.28. The Hall–Kier alpha value is -0.0300. The Balaban J connectivity index is 2.08. The van der Waals surface area contributed by atoms with Gasteiger partial charge in [-0.3, -0.25) is 0 Å². The normalized spacial score (nSPS) is 27.9. The van der Waals surface area contributed by atoms with Crippen molar-refractivity contribution in [2.24, 2.45) is 0 Å². The number of ether oxygens (including phenoxy) is 1. The third-order valence-corrected chi connectivity index (χ3v) is 3.75. The number of hydrogen-bond donors (Lipinski definition) is 0. The molecule has 0 radical (unpaired) electrons. The molecule has 0 amide bonds. The Morgan fingerprint density at radius 1 is 1.50 bits per heavy atom. The van der Waals surface area contributed by atoms with Crippen LogP contribution < -0.4 is 0 Å². The van der Waals surface area contributed by atoms with Gasteiger partial charge in [0.15, 0.2) is 0 Å². The molecule has 2 atom stereocenters. The van der Waals surface area contributed by atoms with Gasteiger partial charge < -0.3 is 9.15 Å². The lowest BCUT2D eigenvalue weighted by Crippen LogP contribution is -2.23. The summed E-state index contributed by atoms with van der Waals surface area (Å²) in [5.74, 6) is 1.00. The molecule has 1 fully saturated rings. The van der Waals surface area contributed by atoms with Crippen molar-refractivity contribution in [3.63, 3.8) is 0 Å². The van der Waals surface area contributed by atoms with Crippen molar-refractivity contribution in [2.75, 3.05) is 4.43 Å². The summed E-state index contributed by atoms with van der Waals surface area (Å²) >= 11 is 2.39. The molecule has 1 saturated heterocycles. The number of furan rings is 1. The first-order valence-corrected chi connectivity index (χ1v) is 6.59. The van der Waals surface area contributed by atoms with Crippen LogP contribution in [0.15, 0.2) is 16.7 Å². The van der Waals surface area contributed by atoms with Crippen LogP contribution in [0.25, 0.3) is 0 Å². The molecule has 0 bridgehead atoms. The Morgan fingerprint density at radius 3 is 3.00 bits per heavy atom. The van der Waals surface area contributed by atoms with E-state index in [1.165, 1.54) is 18.4 Å². The molecule has 2 unspecified atom stereocenters. The van der Waals surface area contributed by atoms with Crippen molar-refractivity contribution in [3.8, 4) is 0 Å². The van der Waals surface area contributed by atoms with E-state index in [1.807, 2.05) is 13.0 Å². The average Bonchev–Trinajstić information content (AvgIpc) is 2.65. The fraction of sp³-hybridized carbons (Fsp3) is 0.636. The van der Waals surface area contributed by atoms with Crippen LogP contribution in [0, 0.1) is 6.92 Å². The second kappa shape index (κ2) is 4.66. The van der Waals surface area contributed by atoms with Gasteiger partial charge in [0, 0.05) is 9.99 Å². The number of halogens is 1. The fourth-order valence-corrected chi connectivity index (χ4v) is 2.62. The molecule has 1 aliphatic rings. The maximum atomic E-state index is 5.99. The van der Waals surface area contributed by atoms with Gasteiger partial charge >= 0.3 is 0 Å². The first-order valence-electron chi connectivity index (χ1n) is 5.06. The van der Waals surface area contributed by atoms with E-state index in [0.717, 1.165) is 16.6 Å². The zero-order chi connectivity index (χ0) is 9.97. The summed E-state index contributed by atoms with van der Waals surface area (Å²) in [5, 5.41) is 0. The maximum Gasteiger partial charge on any atom is 0.106 e. The molecule has 1 aromatic heterocycles. The van der Waals surface area contributed by atoms with E-state index in [2.05, 4.69) is 22.6 Å². The first-order chi connectivity index (χ1) is 6.81. The molecule has 0 spiro atoms. The summed E-state index contributed by atoms with van der Waals surface area (Å²) in [4.78, 5) is 0. The lowest BCUT2D eigenvalue weighted by atomic mass is 9.99. The molecule has 0 N–H and O–H groups in total. The summed E-state index contributed by atoms with van der Waals surface area (Å²) < 4.78 is 12.4. The van der Waals surface area contributed by atoms with Gasteiger partial charge in [0.05, 0.1) is 18.5 Å². The van der Waals surface area contributed by atoms with Crippen molar-refractivity contribution in [3.05, 3.63) is 23.7 Å². The van der Waals surface area contributed by atoms with E-state index in [4.69, 9.17) is 9.15 Å². The van der Waals surface area contributed by atoms with E-state index >= 15 is 0 Å². The van der Waals surface area contributed by atoms with Gasteiger partial charge in [0.2, 0.25) is 0 Å². The van der Waals surface area contributed by atoms with E-state index in [-0.39, 0.29) is 6.10 Å². The zero-order valence-corrected chi connectivity index (χ0v) is 10.5. The molecule has 2 rings (SSSR count). The highest BCUT2D eigenvalue weighted by atomic mass is 127. The van der Waals surface area contributed by atoms with Crippen molar-refractivity contribution in [1.82, 2.24) is 0 Å². The van der Waals surface area contributed by atoms with Crippen molar-refractivity contribution < 1.29 is 9.15 Å². The largest absolute Gasteiger partial charge is 0.469 e. The van der Waals surface area contributed by atoms with Gasteiger partial charge in [0.1, 0.15) is 5.76 Å². The van der Waals surface area contributed by atoms with E-state index in [1.54, 1.807) is 6.26 Å². The minimum Gasteiger partial charge on any atom is -0.469 e. The molecular weight excluding hydrogens is 291 g/mol. The fourth-order valence-electron chi connectivity index (χ4n) is 1.97. The predicted octanol–water partition coefficient (Wildman–Crippen LogP) is 3.63. The Labute approximate surface area is 98.1 Å². The smallest absolute Gasteiger partial charge is 0.106 e. The molecule has 2 heterocycles. The van der Waals surface area contributed by atoms with Crippen molar-refractivity contribution in [1.29, 1.82) is 0 Å². The lowest BCUT2D eigenvalue weighted by molar-refractivity contribution is -0.0381. The second-order valence-electron chi connectivity index (χ2n) is 3.76. The van der Waals surface area contributed by atoms with Gasteiger partial charge in [-0.1, -0.05) is 22.6 Å². The molecule has 1 aliphatic heterocycles. The van der Waals surface area contributed by atoms with Crippen LogP contribution in [-0.2, 0) is 4.74 Å². The van der Waals surface area contributed by atoms with Crippen LogP contribution in [0.1, 0.15) is 36.7 Å². The molecule has 0 aromatic carbocycles. The van der Waals surface area contributed by atoms with Crippen molar-refractivity contribution >= 4 is 22.6 Å². The van der Waals surface area contributed by atoms with E-state index < -0.39 is 0 Å². The zero-order valence-electron chi connectivity index (χ0n) is 8.33. The molecule has 2 nitrogen and oxygen atoms in total. The van der Waals surface area contributed by atoms with Crippen LogP contribution in [0.3, 0.4) is 0 Å². The summed E-state index contributed by atoms with van der Waals surface area (Å²) in [7, 11) is 0. The highest BCUT2D eigenvalue weighted by molar-refractivity contribution is 14.1. The standard InChI is InChI=1S/C11H15IO2/c1-8-10(5-6-13-8)11-4-2-3-9(7-12)14-11/h5-6,9,11H,2-4,7H2,1H3. The summed E-state index contributed by atoms with van der Waals surface area (Å²) in [6, 6.07) is 2.04. The molecule has 1 aromatic rings. The minimum absolute atomic E-state index is 0.266. The maximum absolute atomic E-state index is 5.99. The molecule has 0 saturated carbocycles. The van der Waals surface area contributed by atoms with Crippen molar-refractivity contribution in [2.45, 2.75) is 38.4 Å². The Bertz CT molecular complexity index is 295. The van der Waals surface area contributed by atoms with Gasteiger partial charge in [-0.05, 0) is 32.3 Å². The van der Waals surface area contributed by atoms with Crippen LogP contribution in [0.2, 0.25) is 0 Å². The quantitative estimate of drug-likeness (QED) is 0.615. The molecular formula is C11H15IO2. The number of hydrogen-bond acceptors (Lipinski definition) is 2. The first kappa shape index (κ1) is 10.5. The average molecular weight is 306 g/mol. The molecule has 3 heteroatoms. The van der Waals surface area contributed by atoms with Crippen LogP contribution >= 0.6 is 22.6 Å². The second-order valence-corrected chi connectivity index (χ2v) is 4.64. The topological polar surface area (TPSA) is 22.4 Å². The number of aryl methyl sites for hydroxylation is 1. The van der Waals surface area contributed by atoms with Crippen LogP contribution in [-0.4, -0.2) is 10.5 Å². The predicted molar refractivity (Wildman–Crippen MR) is 63.8 cm³/mol. The SMILES string of the molecule is Cc1occc1C1CCCC(CI)O1. The van der Waals surface area contributed by atoms with E-state index in [0.29, 0.717) is 6.10 Å². The minimum atomic E-state index is 0.266. The highest BCUT2D eigenvalue weighted by Crippen LogP contribution is 2.33. The van der Waals surface area contributed by atoms with Gasteiger partial charge in [0.25, 0.3) is 0 Å². The van der Waals surface area contributed by atoms with Gasteiger partial charge in [-0.25, -0.2) is 0 Å². The van der Waals surface area contributed by atoms with Crippen LogP contribution in [0.5, 0.6) is 0 Å². The number of alkyl halides is 1. The summed E-state index contributed by atoms with van der Waals surface area (Å²) in [5.41, 5.74) is 1.24. The highest BCUT2D eigenvalue weighted by Gasteiger charge is 2.24. The Morgan fingerprint density at radius 2 is 2.36 bits per heavy atom. The van der Waals surface area contributed by atoms with E-state index in [9.17, 15) is 0 Å². The van der Waals surface area contributed by atoms with Gasteiger partial charge in [-0.2, -0.15) is 0 Å². The number of rotatable bonds is 2. The Kier molecular flexibility index (Phi) is 3.49. The molecule has 14 heavy (non-hydrogen) atoms. The third kappa shape index (κ3) is 2.14. The summed E-state index contributed by atoms with van der Waals surface area (Å²) in [6.45, 7) is 2.01. The molecule has 0 aliphatic carbocycles. The molecule has 78 valence electrons. The van der Waals surface area contributed by atoms with Crippen LogP contribution in [0.4, 0.5) is 0 Å².